The van der Waals surface area contributed by atoms with Gasteiger partial charge in [0.1, 0.15) is 0 Å². The molecule has 0 bridgehead atoms. The van der Waals surface area contributed by atoms with Crippen molar-refractivity contribution < 1.29 is 9.32 Å². The normalized spacial score (nSPS) is 15.0. The van der Waals surface area contributed by atoms with Gasteiger partial charge in [-0.05, 0) is 29.9 Å². The molecule has 6 heteroatoms. The Morgan fingerprint density at radius 2 is 2.04 bits per heavy atom. The molecule has 0 atom stereocenters. The maximum absolute atomic E-state index is 12.2. The lowest BCUT2D eigenvalue weighted by Crippen LogP contribution is -2.32. The second-order valence-electron chi connectivity index (χ2n) is 6.41. The summed E-state index contributed by atoms with van der Waals surface area (Å²) in [5.41, 5.74) is 1.45. The van der Waals surface area contributed by atoms with Crippen LogP contribution in [0, 0.1) is 0 Å². The number of aromatic nitrogens is 2. The van der Waals surface area contributed by atoms with E-state index in [9.17, 15) is 4.79 Å². The SMILES string of the molecule is O=C(CCc1nc(-c2cccs2)no1)NCC1(c2ccccc2)CC1. The first-order valence-corrected chi connectivity index (χ1v) is 9.32. The molecule has 2 aromatic heterocycles. The molecule has 0 radical (unpaired) electrons. The Bertz CT molecular complexity index is 839. The minimum Gasteiger partial charge on any atom is -0.355 e. The van der Waals surface area contributed by atoms with Gasteiger partial charge in [-0.1, -0.05) is 41.6 Å². The van der Waals surface area contributed by atoms with Crippen LogP contribution < -0.4 is 5.32 Å². The highest BCUT2D eigenvalue weighted by Crippen LogP contribution is 2.47. The average Bonchev–Trinajstić information content (AvgIpc) is 3.04. The molecule has 1 fully saturated rings. The summed E-state index contributed by atoms with van der Waals surface area (Å²) in [4.78, 5) is 17.5. The van der Waals surface area contributed by atoms with Crippen LogP contribution in [0.5, 0.6) is 0 Å². The summed E-state index contributed by atoms with van der Waals surface area (Å²) in [7, 11) is 0. The van der Waals surface area contributed by atoms with Crippen molar-refractivity contribution >= 4 is 17.2 Å². The number of hydrogen-bond donors (Lipinski definition) is 1. The molecule has 5 nitrogen and oxygen atoms in total. The lowest BCUT2D eigenvalue weighted by molar-refractivity contribution is -0.121. The number of rotatable bonds is 7. The molecule has 1 aliphatic rings. The van der Waals surface area contributed by atoms with Crippen molar-refractivity contribution in [1.82, 2.24) is 15.5 Å². The summed E-state index contributed by atoms with van der Waals surface area (Å²) in [6.07, 6.45) is 3.08. The molecule has 3 aromatic rings. The van der Waals surface area contributed by atoms with E-state index in [1.165, 1.54) is 5.56 Å². The van der Waals surface area contributed by atoms with Crippen LogP contribution in [0.3, 0.4) is 0 Å². The molecule has 25 heavy (non-hydrogen) atoms. The van der Waals surface area contributed by atoms with Crippen molar-refractivity contribution in [2.24, 2.45) is 0 Å². The van der Waals surface area contributed by atoms with Gasteiger partial charge in [-0.15, -0.1) is 11.3 Å². The Morgan fingerprint density at radius 3 is 2.76 bits per heavy atom. The third-order valence-corrected chi connectivity index (χ3v) is 5.51. The second-order valence-corrected chi connectivity index (χ2v) is 7.36. The van der Waals surface area contributed by atoms with Gasteiger partial charge in [-0.3, -0.25) is 4.79 Å². The molecule has 1 N–H and O–H groups in total. The van der Waals surface area contributed by atoms with Gasteiger partial charge >= 0.3 is 0 Å². The van der Waals surface area contributed by atoms with Gasteiger partial charge in [0, 0.05) is 24.8 Å². The molecule has 0 spiro atoms. The van der Waals surface area contributed by atoms with Crippen molar-refractivity contribution in [2.75, 3.05) is 6.54 Å². The fraction of sp³-hybridized carbons (Fsp3) is 0.316. The third-order valence-electron chi connectivity index (χ3n) is 4.64. The number of thiophene rings is 1. The molecule has 2 heterocycles. The van der Waals surface area contributed by atoms with Crippen LogP contribution >= 0.6 is 11.3 Å². The van der Waals surface area contributed by atoms with Crippen LogP contribution in [-0.4, -0.2) is 22.6 Å². The Hall–Kier alpha value is -2.47. The molecule has 1 saturated carbocycles. The molecule has 4 rings (SSSR count). The molecule has 128 valence electrons. The van der Waals surface area contributed by atoms with E-state index in [0.717, 1.165) is 17.7 Å². The number of carbonyl (C=O) groups is 1. The van der Waals surface area contributed by atoms with Gasteiger partial charge in [0.05, 0.1) is 4.88 Å². The monoisotopic (exact) mass is 353 g/mol. The van der Waals surface area contributed by atoms with E-state index in [4.69, 9.17) is 4.52 Å². The predicted octanol–water partition coefficient (Wildman–Crippen LogP) is 3.58. The van der Waals surface area contributed by atoms with Crippen LogP contribution in [0.1, 0.15) is 30.7 Å². The van der Waals surface area contributed by atoms with Crippen molar-refractivity contribution in [3.8, 4) is 10.7 Å². The summed E-state index contributed by atoms with van der Waals surface area (Å²) < 4.78 is 5.23. The number of amides is 1. The standard InChI is InChI=1S/C19H19N3O2S/c23-16(20-13-19(10-11-19)14-5-2-1-3-6-14)8-9-17-21-18(22-24-17)15-7-4-12-25-15/h1-7,12H,8-11,13H2,(H,20,23). The zero-order chi connectivity index (χ0) is 17.1. The zero-order valence-electron chi connectivity index (χ0n) is 13.8. The number of benzene rings is 1. The van der Waals surface area contributed by atoms with E-state index < -0.39 is 0 Å². The summed E-state index contributed by atoms with van der Waals surface area (Å²) in [5, 5.41) is 9.00. The molecule has 1 amide bonds. The maximum Gasteiger partial charge on any atom is 0.227 e. The fourth-order valence-electron chi connectivity index (χ4n) is 2.95. The Morgan fingerprint density at radius 1 is 1.20 bits per heavy atom. The van der Waals surface area contributed by atoms with Crippen molar-refractivity contribution in [3.05, 3.63) is 59.3 Å². The van der Waals surface area contributed by atoms with Gasteiger partial charge in [0.15, 0.2) is 0 Å². The van der Waals surface area contributed by atoms with Gasteiger partial charge in [-0.2, -0.15) is 4.98 Å². The number of nitrogens with one attached hydrogen (secondary N) is 1. The lowest BCUT2D eigenvalue weighted by atomic mass is 9.96. The first-order valence-electron chi connectivity index (χ1n) is 8.44. The summed E-state index contributed by atoms with van der Waals surface area (Å²) in [6, 6.07) is 14.3. The van der Waals surface area contributed by atoms with E-state index in [1.807, 2.05) is 23.6 Å². The highest BCUT2D eigenvalue weighted by atomic mass is 32.1. The van der Waals surface area contributed by atoms with Crippen molar-refractivity contribution in [3.63, 3.8) is 0 Å². The molecular formula is C19H19N3O2S. The average molecular weight is 353 g/mol. The highest BCUT2D eigenvalue weighted by Gasteiger charge is 2.44. The highest BCUT2D eigenvalue weighted by molar-refractivity contribution is 7.13. The van der Waals surface area contributed by atoms with E-state index in [-0.39, 0.29) is 11.3 Å². The van der Waals surface area contributed by atoms with Gasteiger partial charge < -0.3 is 9.84 Å². The topological polar surface area (TPSA) is 68.0 Å². The molecular weight excluding hydrogens is 334 g/mol. The molecule has 1 aliphatic carbocycles. The van der Waals surface area contributed by atoms with E-state index in [2.05, 4.69) is 39.7 Å². The second kappa shape index (κ2) is 6.80. The van der Waals surface area contributed by atoms with Crippen molar-refractivity contribution in [2.45, 2.75) is 31.1 Å². The zero-order valence-corrected chi connectivity index (χ0v) is 14.6. The molecule has 0 unspecified atom stereocenters. The number of hydrogen-bond acceptors (Lipinski definition) is 5. The maximum atomic E-state index is 12.2. The quantitative estimate of drug-likeness (QED) is 0.705. The Kier molecular flexibility index (Phi) is 4.36. The Balaban J connectivity index is 1.27. The summed E-state index contributed by atoms with van der Waals surface area (Å²) in [5.74, 6) is 1.12. The van der Waals surface area contributed by atoms with Crippen LogP contribution in [0.2, 0.25) is 0 Å². The summed E-state index contributed by atoms with van der Waals surface area (Å²) >= 11 is 1.57. The van der Waals surface area contributed by atoms with Crippen LogP contribution in [0.15, 0.2) is 52.4 Å². The Labute approximate surface area is 150 Å². The minimum absolute atomic E-state index is 0.0260. The predicted molar refractivity (Wildman–Crippen MR) is 96.3 cm³/mol. The van der Waals surface area contributed by atoms with Gasteiger partial charge in [0.2, 0.25) is 17.6 Å². The fourth-order valence-corrected chi connectivity index (χ4v) is 3.60. The first-order chi connectivity index (χ1) is 12.3. The van der Waals surface area contributed by atoms with Gasteiger partial charge in [0.25, 0.3) is 0 Å². The largest absolute Gasteiger partial charge is 0.355 e. The number of carbonyl (C=O) groups excluding carboxylic acids is 1. The molecule has 0 saturated heterocycles. The number of nitrogens with zero attached hydrogens (tertiary/aromatic N) is 2. The molecule has 1 aromatic carbocycles. The first kappa shape index (κ1) is 16.0. The minimum atomic E-state index is 0.0260. The van der Waals surface area contributed by atoms with Crippen LogP contribution in [0.4, 0.5) is 0 Å². The van der Waals surface area contributed by atoms with Crippen LogP contribution in [-0.2, 0) is 16.6 Å². The van der Waals surface area contributed by atoms with E-state index in [1.54, 1.807) is 11.3 Å². The third kappa shape index (κ3) is 3.64. The molecule has 0 aliphatic heterocycles. The van der Waals surface area contributed by atoms with Crippen LogP contribution in [0.25, 0.3) is 10.7 Å². The summed E-state index contributed by atoms with van der Waals surface area (Å²) in [6.45, 7) is 0.695. The van der Waals surface area contributed by atoms with E-state index >= 15 is 0 Å². The van der Waals surface area contributed by atoms with Crippen molar-refractivity contribution in [1.29, 1.82) is 0 Å². The number of aryl methyl sites for hydroxylation is 1. The smallest absolute Gasteiger partial charge is 0.227 e. The van der Waals surface area contributed by atoms with Gasteiger partial charge in [-0.25, -0.2) is 0 Å². The van der Waals surface area contributed by atoms with E-state index in [0.29, 0.717) is 31.1 Å². The lowest BCUT2D eigenvalue weighted by Gasteiger charge is -2.16.